The first-order valence-electron chi connectivity index (χ1n) is 6.00. The van der Waals surface area contributed by atoms with Crippen LogP contribution in [-0.2, 0) is 6.54 Å². The molecule has 0 unspecified atom stereocenters. The van der Waals surface area contributed by atoms with Crippen LogP contribution in [0.15, 0.2) is 60.9 Å². The summed E-state index contributed by atoms with van der Waals surface area (Å²) in [6.07, 6.45) is 1.78. The smallest absolute Gasteiger partial charge is 0.181 e. The van der Waals surface area contributed by atoms with Crippen LogP contribution in [0, 0.1) is 3.57 Å². The summed E-state index contributed by atoms with van der Waals surface area (Å²) in [5, 5.41) is 4.52. The molecule has 2 aromatic carbocycles. The van der Waals surface area contributed by atoms with Gasteiger partial charge in [-0.2, -0.15) is 5.10 Å². The highest BCUT2D eigenvalue weighted by atomic mass is 127. The van der Waals surface area contributed by atoms with E-state index in [0.717, 1.165) is 17.9 Å². The van der Waals surface area contributed by atoms with Gasteiger partial charge in [0, 0.05) is 9.13 Å². The average Bonchev–Trinajstić information content (AvgIpc) is 2.88. The van der Waals surface area contributed by atoms with Crippen LogP contribution in [0.25, 0.3) is 11.4 Å². The molecule has 0 aliphatic rings. The van der Waals surface area contributed by atoms with Crippen molar-refractivity contribution in [1.29, 1.82) is 0 Å². The first kappa shape index (κ1) is 12.3. The molecule has 0 aliphatic heterocycles. The molecule has 3 rings (SSSR count). The quantitative estimate of drug-likeness (QED) is 0.668. The Morgan fingerprint density at radius 2 is 1.84 bits per heavy atom. The second-order valence-corrected chi connectivity index (χ2v) is 5.51. The van der Waals surface area contributed by atoms with Crippen molar-refractivity contribution >= 4 is 22.6 Å². The molecule has 19 heavy (non-hydrogen) atoms. The third-order valence-electron chi connectivity index (χ3n) is 2.81. The van der Waals surface area contributed by atoms with Crippen LogP contribution in [-0.4, -0.2) is 14.8 Å². The molecular formula is C15H12IN3. The Balaban J connectivity index is 1.84. The summed E-state index contributed by atoms with van der Waals surface area (Å²) in [5.74, 6) is 0.773. The van der Waals surface area contributed by atoms with E-state index in [1.807, 2.05) is 35.0 Å². The summed E-state index contributed by atoms with van der Waals surface area (Å²) >= 11 is 2.30. The number of hydrogen-bond donors (Lipinski definition) is 0. The molecule has 1 aromatic heterocycles. The van der Waals surface area contributed by atoms with Crippen molar-refractivity contribution < 1.29 is 0 Å². The zero-order valence-electron chi connectivity index (χ0n) is 10.2. The molecule has 4 heteroatoms. The van der Waals surface area contributed by atoms with Crippen LogP contribution in [0.2, 0.25) is 0 Å². The van der Waals surface area contributed by atoms with Crippen molar-refractivity contribution in [3.05, 3.63) is 70.1 Å². The van der Waals surface area contributed by atoms with E-state index < -0.39 is 0 Å². The van der Waals surface area contributed by atoms with E-state index in [1.165, 1.54) is 9.13 Å². The lowest BCUT2D eigenvalue weighted by atomic mass is 10.2. The van der Waals surface area contributed by atoms with Gasteiger partial charge in [-0.3, -0.25) is 0 Å². The Bertz CT molecular complexity index is 677. The van der Waals surface area contributed by atoms with Crippen molar-refractivity contribution in [2.24, 2.45) is 0 Å². The Hall–Kier alpha value is -1.69. The minimum absolute atomic E-state index is 0.748. The number of rotatable bonds is 3. The lowest BCUT2D eigenvalue weighted by molar-refractivity contribution is 0.687. The SMILES string of the molecule is Ic1cccc(-c2ncn(Cc3ccccc3)n2)c1. The van der Waals surface area contributed by atoms with Gasteiger partial charge in [0.15, 0.2) is 5.82 Å². The van der Waals surface area contributed by atoms with Crippen LogP contribution in [0.5, 0.6) is 0 Å². The van der Waals surface area contributed by atoms with Gasteiger partial charge in [0.1, 0.15) is 6.33 Å². The van der Waals surface area contributed by atoms with Gasteiger partial charge in [0.25, 0.3) is 0 Å². The Kier molecular flexibility index (Phi) is 3.59. The topological polar surface area (TPSA) is 30.7 Å². The van der Waals surface area contributed by atoms with E-state index in [-0.39, 0.29) is 0 Å². The molecule has 0 amide bonds. The van der Waals surface area contributed by atoms with Crippen LogP contribution in [0.1, 0.15) is 5.56 Å². The van der Waals surface area contributed by atoms with E-state index >= 15 is 0 Å². The van der Waals surface area contributed by atoms with E-state index in [9.17, 15) is 0 Å². The highest BCUT2D eigenvalue weighted by Crippen LogP contribution is 2.17. The minimum Gasteiger partial charge on any atom is -0.248 e. The fraction of sp³-hybridized carbons (Fsp3) is 0.0667. The maximum atomic E-state index is 4.52. The van der Waals surface area contributed by atoms with Crippen LogP contribution < -0.4 is 0 Å². The van der Waals surface area contributed by atoms with Crippen molar-refractivity contribution in [2.75, 3.05) is 0 Å². The number of hydrogen-bond acceptors (Lipinski definition) is 2. The third kappa shape index (κ3) is 3.01. The van der Waals surface area contributed by atoms with Gasteiger partial charge in [0.2, 0.25) is 0 Å². The largest absolute Gasteiger partial charge is 0.248 e. The predicted molar refractivity (Wildman–Crippen MR) is 83.7 cm³/mol. The first-order valence-corrected chi connectivity index (χ1v) is 7.08. The second-order valence-electron chi connectivity index (χ2n) is 4.26. The fourth-order valence-corrected chi connectivity index (χ4v) is 2.44. The monoisotopic (exact) mass is 361 g/mol. The van der Waals surface area contributed by atoms with E-state index in [2.05, 4.69) is 56.9 Å². The Morgan fingerprint density at radius 1 is 1.00 bits per heavy atom. The third-order valence-corrected chi connectivity index (χ3v) is 3.48. The fourth-order valence-electron chi connectivity index (χ4n) is 1.90. The molecule has 3 aromatic rings. The summed E-state index contributed by atoms with van der Waals surface area (Å²) in [7, 11) is 0. The molecule has 0 atom stereocenters. The first-order chi connectivity index (χ1) is 9.31. The zero-order chi connectivity index (χ0) is 13.1. The molecule has 0 fully saturated rings. The van der Waals surface area contributed by atoms with Gasteiger partial charge in [-0.05, 0) is 40.3 Å². The number of benzene rings is 2. The minimum atomic E-state index is 0.748. The number of halogens is 1. The highest BCUT2D eigenvalue weighted by Gasteiger charge is 2.04. The van der Waals surface area contributed by atoms with E-state index in [4.69, 9.17) is 0 Å². The van der Waals surface area contributed by atoms with Crippen LogP contribution >= 0.6 is 22.6 Å². The normalized spacial score (nSPS) is 10.6. The summed E-state index contributed by atoms with van der Waals surface area (Å²) in [5.41, 5.74) is 2.28. The second kappa shape index (κ2) is 5.52. The van der Waals surface area contributed by atoms with Crippen molar-refractivity contribution in [3.8, 4) is 11.4 Å². The van der Waals surface area contributed by atoms with Gasteiger partial charge in [-0.25, -0.2) is 9.67 Å². The lowest BCUT2D eigenvalue weighted by Gasteiger charge is -2.00. The predicted octanol–water partition coefficient (Wildman–Crippen LogP) is 3.60. The molecule has 0 aliphatic carbocycles. The van der Waals surface area contributed by atoms with Gasteiger partial charge in [-0.1, -0.05) is 42.5 Å². The standard InChI is InChI=1S/C15H12IN3/c16-14-8-4-7-13(9-14)15-17-11-19(18-15)10-12-5-2-1-3-6-12/h1-9,11H,10H2. The summed E-state index contributed by atoms with van der Waals surface area (Å²) in [6.45, 7) is 0.748. The maximum absolute atomic E-state index is 4.52. The molecule has 1 heterocycles. The van der Waals surface area contributed by atoms with Crippen molar-refractivity contribution in [1.82, 2.24) is 14.8 Å². The molecule has 0 radical (unpaired) electrons. The van der Waals surface area contributed by atoms with Crippen molar-refractivity contribution in [2.45, 2.75) is 6.54 Å². The van der Waals surface area contributed by atoms with Gasteiger partial charge < -0.3 is 0 Å². The summed E-state index contributed by atoms with van der Waals surface area (Å²) in [6, 6.07) is 18.5. The van der Waals surface area contributed by atoms with Crippen LogP contribution in [0.4, 0.5) is 0 Å². The molecule has 0 N–H and O–H groups in total. The highest BCUT2D eigenvalue weighted by molar-refractivity contribution is 14.1. The molecule has 0 saturated carbocycles. The zero-order valence-corrected chi connectivity index (χ0v) is 12.4. The molecule has 0 spiro atoms. The van der Waals surface area contributed by atoms with Crippen LogP contribution in [0.3, 0.4) is 0 Å². The molecule has 0 bridgehead atoms. The molecular weight excluding hydrogens is 349 g/mol. The number of nitrogens with zero attached hydrogens (tertiary/aromatic N) is 3. The molecule has 94 valence electrons. The summed E-state index contributed by atoms with van der Waals surface area (Å²) < 4.78 is 3.05. The molecule has 3 nitrogen and oxygen atoms in total. The lowest BCUT2D eigenvalue weighted by Crippen LogP contribution is -2.00. The Labute approximate surface area is 125 Å². The molecule has 0 saturated heterocycles. The Morgan fingerprint density at radius 3 is 2.63 bits per heavy atom. The van der Waals surface area contributed by atoms with Crippen molar-refractivity contribution in [3.63, 3.8) is 0 Å². The summed E-state index contributed by atoms with van der Waals surface area (Å²) in [4.78, 5) is 4.37. The maximum Gasteiger partial charge on any atom is 0.181 e. The van der Waals surface area contributed by atoms with Gasteiger partial charge in [0.05, 0.1) is 6.54 Å². The van der Waals surface area contributed by atoms with Gasteiger partial charge in [-0.15, -0.1) is 0 Å². The number of aromatic nitrogens is 3. The van der Waals surface area contributed by atoms with E-state index in [1.54, 1.807) is 6.33 Å². The van der Waals surface area contributed by atoms with E-state index in [0.29, 0.717) is 0 Å². The average molecular weight is 361 g/mol. The van der Waals surface area contributed by atoms with Gasteiger partial charge >= 0.3 is 0 Å².